The van der Waals surface area contributed by atoms with Gasteiger partial charge in [-0.2, -0.15) is 0 Å². The first-order chi connectivity index (χ1) is 5.41. The van der Waals surface area contributed by atoms with Crippen LogP contribution in [0.25, 0.3) is 0 Å². The van der Waals surface area contributed by atoms with E-state index >= 15 is 0 Å². The van der Waals surface area contributed by atoms with Gasteiger partial charge in [-0.15, -0.1) is 11.8 Å². The third-order valence-corrected chi connectivity index (χ3v) is 2.08. The van der Waals surface area contributed by atoms with Gasteiger partial charge in [0.1, 0.15) is 0 Å². The van der Waals surface area contributed by atoms with Crippen LogP contribution < -0.4 is 10.6 Å². The maximum atomic E-state index is 3.33. The predicted molar refractivity (Wildman–Crippen MR) is 53.9 cm³/mol. The van der Waals surface area contributed by atoms with Crippen molar-refractivity contribution in [2.75, 3.05) is 24.8 Å². The lowest BCUT2D eigenvalue weighted by molar-refractivity contribution is 0.742. The van der Waals surface area contributed by atoms with Gasteiger partial charge in [0.15, 0.2) is 0 Å². The molecule has 0 aliphatic carbocycles. The van der Waals surface area contributed by atoms with Crippen molar-refractivity contribution >= 4 is 11.8 Å². The third kappa shape index (κ3) is 10.3. The molecule has 0 spiro atoms. The molecule has 0 rings (SSSR count). The van der Waals surface area contributed by atoms with Gasteiger partial charge in [0.25, 0.3) is 0 Å². The number of hydrogen-bond acceptors (Lipinski definition) is 3. The fourth-order valence-electron chi connectivity index (χ4n) is 0.693. The van der Waals surface area contributed by atoms with E-state index in [1.165, 1.54) is 12.8 Å². The van der Waals surface area contributed by atoms with Crippen LogP contribution in [0.15, 0.2) is 0 Å². The van der Waals surface area contributed by atoms with Gasteiger partial charge in [-0.3, -0.25) is 0 Å². The van der Waals surface area contributed by atoms with Crippen molar-refractivity contribution in [3.8, 4) is 0 Å². The van der Waals surface area contributed by atoms with Crippen LogP contribution in [0, 0.1) is 0 Å². The first-order valence-corrected chi connectivity index (χ1v) is 5.56. The zero-order valence-electron chi connectivity index (χ0n) is 7.65. The average molecular weight is 176 g/mol. The molecule has 0 atom stereocenters. The molecule has 0 bridgehead atoms. The van der Waals surface area contributed by atoms with E-state index in [0.29, 0.717) is 0 Å². The second-order valence-electron chi connectivity index (χ2n) is 2.49. The monoisotopic (exact) mass is 176 g/mol. The van der Waals surface area contributed by atoms with Crippen LogP contribution in [0.1, 0.15) is 26.7 Å². The van der Waals surface area contributed by atoms with Crippen LogP contribution in [-0.2, 0) is 0 Å². The average Bonchev–Trinajstić information content (AvgIpc) is 2.03. The molecule has 2 nitrogen and oxygen atoms in total. The van der Waals surface area contributed by atoms with Crippen LogP contribution in [0.3, 0.4) is 0 Å². The van der Waals surface area contributed by atoms with Gasteiger partial charge in [0.2, 0.25) is 0 Å². The van der Waals surface area contributed by atoms with Crippen LogP contribution in [0.5, 0.6) is 0 Å². The lowest BCUT2D eigenvalue weighted by Crippen LogP contribution is -2.18. The number of thioether (sulfide) groups is 1. The van der Waals surface area contributed by atoms with E-state index in [-0.39, 0.29) is 0 Å². The maximum absolute atomic E-state index is 3.33. The number of rotatable bonds is 8. The van der Waals surface area contributed by atoms with Crippen molar-refractivity contribution < 1.29 is 0 Å². The van der Waals surface area contributed by atoms with Gasteiger partial charge in [0, 0.05) is 11.8 Å². The highest BCUT2D eigenvalue weighted by Gasteiger charge is 1.85. The normalized spacial score (nSPS) is 10.4. The fraction of sp³-hybridized carbons (Fsp3) is 1.00. The van der Waals surface area contributed by atoms with Gasteiger partial charge >= 0.3 is 0 Å². The Morgan fingerprint density at radius 3 is 1.73 bits per heavy atom. The van der Waals surface area contributed by atoms with Gasteiger partial charge in [-0.05, 0) is 25.9 Å². The van der Waals surface area contributed by atoms with Crippen molar-refractivity contribution in [3.63, 3.8) is 0 Å². The van der Waals surface area contributed by atoms with Crippen molar-refractivity contribution in [1.29, 1.82) is 0 Å². The van der Waals surface area contributed by atoms with E-state index in [2.05, 4.69) is 24.5 Å². The summed E-state index contributed by atoms with van der Waals surface area (Å²) in [4.78, 5) is 0. The molecule has 68 valence electrons. The summed E-state index contributed by atoms with van der Waals surface area (Å²) in [6, 6.07) is 0. The summed E-state index contributed by atoms with van der Waals surface area (Å²) in [6.45, 7) is 6.65. The van der Waals surface area contributed by atoms with E-state index in [1.807, 2.05) is 11.8 Å². The Balaban J connectivity index is 2.69. The summed E-state index contributed by atoms with van der Waals surface area (Å²) in [5.41, 5.74) is 0. The zero-order valence-corrected chi connectivity index (χ0v) is 8.47. The van der Waals surface area contributed by atoms with Crippen LogP contribution >= 0.6 is 11.8 Å². The summed E-state index contributed by atoms with van der Waals surface area (Å²) < 4.78 is 0. The highest BCUT2D eigenvalue weighted by molar-refractivity contribution is 7.99. The molecule has 0 saturated heterocycles. The lowest BCUT2D eigenvalue weighted by Gasteiger charge is -2.03. The minimum atomic E-state index is 1.07. The van der Waals surface area contributed by atoms with Gasteiger partial charge in [-0.1, -0.05) is 13.8 Å². The molecular formula is C8H20N2S. The molecule has 0 aromatic heterocycles. The number of hydrogen-bond donors (Lipinski definition) is 2. The molecule has 3 heteroatoms. The lowest BCUT2D eigenvalue weighted by atomic mass is 10.5. The molecule has 0 heterocycles. The fourth-order valence-corrected chi connectivity index (χ4v) is 1.37. The Bertz CT molecular complexity index is 61.1. The zero-order chi connectivity index (χ0) is 8.36. The van der Waals surface area contributed by atoms with E-state index in [9.17, 15) is 0 Å². The molecule has 0 saturated carbocycles. The topological polar surface area (TPSA) is 24.1 Å². The Morgan fingerprint density at radius 2 is 1.36 bits per heavy atom. The second kappa shape index (κ2) is 10.3. The molecular weight excluding hydrogens is 156 g/mol. The van der Waals surface area contributed by atoms with Crippen LogP contribution in [-0.4, -0.2) is 24.8 Å². The molecule has 0 aliphatic heterocycles. The quantitative estimate of drug-likeness (QED) is 0.434. The van der Waals surface area contributed by atoms with Crippen molar-refractivity contribution in [1.82, 2.24) is 10.6 Å². The minimum absolute atomic E-state index is 1.07. The van der Waals surface area contributed by atoms with E-state index in [4.69, 9.17) is 0 Å². The smallest absolute Gasteiger partial charge is 0.0430 e. The predicted octanol–water partition coefficient (Wildman–Crippen LogP) is 1.63. The molecule has 0 aromatic carbocycles. The second-order valence-corrected chi connectivity index (χ2v) is 3.48. The molecule has 2 N–H and O–H groups in total. The van der Waals surface area contributed by atoms with Gasteiger partial charge in [0.05, 0.1) is 0 Å². The molecule has 0 fully saturated rings. The van der Waals surface area contributed by atoms with E-state index in [0.717, 1.165) is 24.8 Å². The van der Waals surface area contributed by atoms with Crippen LogP contribution in [0.2, 0.25) is 0 Å². The van der Waals surface area contributed by atoms with Crippen LogP contribution in [0.4, 0.5) is 0 Å². The first-order valence-electron chi connectivity index (χ1n) is 4.41. The van der Waals surface area contributed by atoms with Crippen molar-refractivity contribution in [2.45, 2.75) is 26.7 Å². The Kier molecular flexibility index (Phi) is 10.5. The van der Waals surface area contributed by atoms with Gasteiger partial charge in [-0.25, -0.2) is 0 Å². The Morgan fingerprint density at radius 1 is 0.909 bits per heavy atom. The highest BCUT2D eigenvalue weighted by atomic mass is 32.2. The van der Waals surface area contributed by atoms with E-state index in [1.54, 1.807) is 0 Å². The molecule has 11 heavy (non-hydrogen) atoms. The highest BCUT2D eigenvalue weighted by Crippen LogP contribution is 1.92. The molecule has 0 radical (unpaired) electrons. The molecule has 0 aromatic rings. The first kappa shape index (κ1) is 11.3. The Hall–Kier alpha value is 0.270. The third-order valence-electron chi connectivity index (χ3n) is 1.26. The summed E-state index contributed by atoms with van der Waals surface area (Å²) in [7, 11) is 0. The van der Waals surface area contributed by atoms with E-state index < -0.39 is 0 Å². The summed E-state index contributed by atoms with van der Waals surface area (Å²) >= 11 is 1.91. The largest absolute Gasteiger partial charge is 0.308 e. The molecule has 0 unspecified atom stereocenters. The Labute approximate surface area is 74.5 Å². The maximum Gasteiger partial charge on any atom is 0.0430 e. The SMILES string of the molecule is CCCNCSCNCCC. The standard InChI is InChI=1S/C8H20N2S/c1-3-5-9-7-11-8-10-6-4-2/h9-10H,3-8H2,1-2H3. The van der Waals surface area contributed by atoms with Crippen molar-refractivity contribution in [2.24, 2.45) is 0 Å². The summed E-state index contributed by atoms with van der Waals surface area (Å²) in [6.07, 6.45) is 2.45. The minimum Gasteiger partial charge on any atom is -0.308 e. The summed E-state index contributed by atoms with van der Waals surface area (Å²) in [5.74, 6) is 2.15. The summed E-state index contributed by atoms with van der Waals surface area (Å²) in [5, 5.41) is 6.67. The number of nitrogens with one attached hydrogen (secondary N) is 2. The molecule has 0 amide bonds. The van der Waals surface area contributed by atoms with Crippen molar-refractivity contribution in [3.05, 3.63) is 0 Å². The molecule has 0 aliphatic rings. The van der Waals surface area contributed by atoms with Gasteiger partial charge < -0.3 is 10.6 Å².